The number of carbonyl (C=O) groups excluding carboxylic acids is 2. The topological polar surface area (TPSA) is 58.2 Å². The Balaban J connectivity index is 1.22. The fraction of sp³-hybridized carbons (Fsp3) is 0.515. The monoisotopic (exact) mass is 496 g/mol. The molecule has 194 valence electrons. The van der Waals surface area contributed by atoms with E-state index in [0.717, 1.165) is 44.9 Å². The average Bonchev–Trinajstić information content (AvgIpc) is 3.27. The van der Waals surface area contributed by atoms with Gasteiger partial charge in [0.05, 0.1) is 6.04 Å². The number of hydrogen-bond donors (Lipinski definition) is 2. The highest BCUT2D eigenvalue weighted by molar-refractivity contribution is 5.89. The number of benzene rings is 2. The minimum atomic E-state index is -0.0274. The molecule has 0 spiro atoms. The van der Waals surface area contributed by atoms with E-state index in [2.05, 4.69) is 79.1 Å². The molecule has 0 saturated heterocycles. The molecule has 1 aliphatic heterocycles. The lowest BCUT2D eigenvalue weighted by Gasteiger charge is -2.58. The number of hydrogen-bond acceptors (Lipinski definition) is 2. The fourth-order valence-electron chi connectivity index (χ4n) is 8.82. The van der Waals surface area contributed by atoms with Gasteiger partial charge in [-0.3, -0.25) is 9.59 Å². The molecule has 1 unspecified atom stereocenters. The molecule has 4 heteroatoms. The summed E-state index contributed by atoms with van der Waals surface area (Å²) in [6, 6.07) is 21.1. The smallest absolute Gasteiger partial charge is 0.243 e. The Hall–Kier alpha value is -2.88. The molecule has 2 aromatic rings. The highest BCUT2D eigenvalue weighted by Crippen LogP contribution is 2.65. The first-order valence-electron chi connectivity index (χ1n) is 14.3. The fourth-order valence-corrected chi connectivity index (χ4v) is 8.82. The van der Waals surface area contributed by atoms with Crippen molar-refractivity contribution in [2.75, 3.05) is 0 Å². The Morgan fingerprint density at radius 3 is 2.43 bits per heavy atom. The van der Waals surface area contributed by atoms with E-state index in [4.69, 9.17) is 0 Å². The number of fused-ring (bicyclic) bond motifs is 5. The van der Waals surface area contributed by atoms with Crippen LogP contribution in [0, 0.1) is 34.5 Å². The zero-order valence-corrected chi connectivity index (χ0v) is 22.2. The number of rotatable bonds is 5. The highest BCUT2D eigenvalue weighted by atomic mass is 16.2. The Morgan fingerprint density at radius 2 is 1.68 bits per heavy atom. The molecular formula is C33H40N2O2. The van der Waals surface area contributed by atoms with Crippen LogP contribution in [-0.4, -0.2) is 17.9 Å². The lowest BCUT2D eigenvalue weighted by Crippen LogP contribution is -2.59. The van der Waals surface area contributed by atoms with Crippen LogP contribution in [0.15, 0.2) is 72.8 Å². The van der Waals surface area contributed by atoms with Gasteiger partial charge in [0.25, 0.3) is 0 Å². The van der Waals surface area contributed by atoms with E-state index < -0.39 is 0 Å². The molecule has 1 heterocycles. The molecule has 2 aromatic carbocycles. The van der Waals surface area contributed by atoms with E-state index >= 15 is 0 Å². The van der Waals surface area contributed by atoms with Crippen LogP contribution in [0.5, 0.6) is 0 Å². The maximum absolute atomic E-state index is 14.0. The Morgan fingerprint density at radius 1 is 0.946 bits per heavy atom. The van der Waals surface area contributed by atoms with Gasteiger partial charge in [0.15, 0.2) is 0 Å². The molecule has 8 atom stereocenters. The SMILES string of the molecule is C[C@]12C=CC(=O)N[C@@H]1CC[C@@H]1[C@@H]2CC[C@]2(C)[C@@H](C(=O)NC(Cc3ccccc3)c3ccccc3)CC[C@@H]12. The molecule has 0 aromatic heterocycles. The van der Waals surface area contributed by atoms with Gasteiger partial charge in [-0.2, -0.15) is 0 Å². The molecule has 2 N–H and O–H groups in total. The van der Waals surface area contributed by atoms with Crippen LogP contribution >= 0.6 is 0 Å². The molecule has 6 rings (SSSR count). The third-order valence-corrected chi connectivity index (χ3v) is 10.8. The Labute approximate surface area is 221 Å². The quantitative estimate of drug-likeness (QED) is 0.533. The second kappa shape index (κ2) is 9.45. The summed E-state index contributed by atoms with van der Waals surface area (Å²) in [6.45, 7) is 4.77. The van der Waals surface area contributed by atoms with Gasteiger partial charge in [0.1, 0.15) is 0 Å². The maximum atomic E-state index is 14.0. The summed E-state index contributed by atoms with van der Waals surface area (Å²) >= 11 is 0. The van der Waals surface area contributed by atoms with Crippen LogP contribution < -0.4 is 10.6 Å². The summed E-state index contributed by atoms with van der Waals surface area (Å²) in [5, 5.41) is 6.77. The van der Waals surface area contributed by atoms with Crippen molar-refractivity contribution in [2.45, 2.75) is 70.9 Å². The van der Waals surface area contributed by atoms with Crippen LogP contribution in [0.2, 0.25) is 0 Å². The third-order valence-electron chi connectivity index (χ3n) is 10.8. The first-order valence-corrected chi connectivity index (χ1v) is 14.3. The van der Waals surface area contributed by atoms with Gasteiger partial charge in [0, 0.05) is 17.4 Å². The maximum Gasteiger partial charge on any atom is 0.243 e. The van der Waals surface area contributed by atoms with Gasteiger partial charge in [-0.1, -0.05) is 80.6 Å². The summed E-state index contributed by atoms with van der Waals surface area (Å²) in [5.74, 6) is 2.15. The van der Waals surface area contributed by atoms with E-state index in [0.29, 0.717) is 17.8 Å². The predicted molar refractivity (Wildman–Crippen MR) is 146 cm³/mol. The van der Waals surface area contributed by atoms with Crippen LogP contribution in [0.1, 0.15) is 69.5 Å². The molecule has 3 saturated carbocycles. The van der Waals surface area contributed by atoms with Gasteiger partial charge >= 0.3 is 0 Å². The molecule has 4 nitrogen and oxygen atoms in total. The molecule has 2 amide bonds. The molecule has 4 aliphatic rings. The van der Waals surface area contributed by atoms with E-state index in [1.54, 1.807) is 6.08 Å². The van der Waals surface area contributed by atoms with Crippen molar-refractivity contribution in [1.29, 1.82) is 0 Å². The van der Waals surface area contributed by atoms with Gasteiger partial charge in [-0.15, -0.1) is 0 Å². The summed E-state index contributed by atoms with van der Waals surface area (Å²) < 4.78 is 0. The number of nitrogens with one attached hydrogen (secondary N) is 2. The standard InChI is InChI=1S/C33H40N2O2/c1-32-19-17-26-24(13-16-29-33(26,2)20-18-30(36)35-29)25(32)14-15-27(32)31(37)34-28(23-11-7-4-8-12-23)21-22-9-5-3-6-10-22/h3-12,18,20,24-29H,13-17,19,21H2,1-2H3,(H,34,37)(H,35,36)/t24-,25-,26-,27+,28?,29+,32-,33+/m0/s1. The zero-order valence-electron chi connectivity index (χ0n) is 22.2. The normalized spacial score (nSPS) is 37.0. The second-order valence-corrected chi connectivity index (χ2v) is 12.6. The van der Waals surface area contributed by atoms with E-state index in [1.165, 1.54) is 11.1 Å². The van der Waals surface area contributed by atoms with Gasteiger partial charge in [0.2, 0.25) is 11.8 Å². The molecular weight excluding hydrogens is 456 g/mol. The third kappa shape index (κ3) is 4.23. The number of amides is 2. The second-order valence-electron chi connectivity index (χ2n) is 12.6. The summed E-state index contributed by atoms with van der Waals surface area (Å²) in [6.07, 6.45) is 11.3. The van der Waals surface area contributed by atoms with E-state index in [-0.39, 0.29) is 40.6 Å². The van der Waals surface area contributed by atoms with Crippen LogP contribution in [-0.2, 0) is 16.0 Å². The Kier molecular flexibility index (Phi) is 6.25. The summed E-state index contributed by atoms with van der Waals surface area (Å²) in [4.78, 5) is 26.0. The van der Waals surface area contributed by atoms with Gasteiger partial charge in [-0.05, 0) is 85.3 Å². The highest BCUT2D eigenvalue weighted by Gasteiger charge is 2.60. The van der Waals surface area contributed by atoms with Crippen molar-refractivity contribution in [1.82, 2.24) is 10.6 Å². The molecule has 37 heavy (non-hydrogen) atoms. The van der Waals surface area contributed by atoms with Crippen LogP contribution in [0.3, 0.4) is 0 Å². The van der Waals surface area contributed by atoms with Crippen molar-refractivity contribution in [2.24, 2.45) is 34.5 Å². The predicted octanol–water partition coefficient (Wildman–Crippen LogP) is 6.00. The molecule has 0 bridgehead atoms. The first-order chi connectivity index (χ1) is 17.9. The van der Waals surface area contributed by atoms with Gasteiger partial charge < -0.3 is 10.6 Å². The van der Waals surface area contributed by atoms with Crippen molar-refractivity contribution in [3.05, 3.63) is 83.9 Å². The van der Waals surface area contributed by atoms with Crippen molar-refractivity contribution >= 4 is 11.8 Å². The van der Waals surface area contributed by atoms with Crippen molar-refractivity contribution in [3.63, 3.8) is 0 Å². The molecule has 0 radical (unpaired) electrons. The first kappa shape index (κ1) is 24.5. The zero-order chi connectivity index (χ0) is 25.6. The summed E-state index contributed by atoms with van der Waals surface area (Å²) in [7, 11) is 0. The number of carbonyl (C=O) groups is 2. The Bertz CT molecular complexity index is 1180. The minimum absolute atomic E-state index is 0.0274. The lowest BCUT2D eigenvalue weighted by atomic mass is 9.48. The summed E-state index contributed by atoms with van der Waals surface area (Å²) in [5.41, 5.74) is 2.49. The van der Waals surface area contributed by atoms with Gasteiger partial charge in [-0.25, -0.2) is 0 Å². The van der Waals surface area contributed by atoms with Crippen molar-refractivity contribution in [3.8, 4) is 0 Å². The van der Waals surface area contributed by atoms with E-state index in [9.17, 15) is 9.59 Å². The molecule has 3 aliphatic carbocycles. The van der Waals surface area contributed by atoms with Crippen molar-refractivity contribution < 1.29 is 9.59 Å². The van der Waals surface area contributed by atoms with Crippen LogP contribution in [0.4, 0.5) is 0 Å². The van der Waals surface area contributed by atoms with Crippen LogP contribution in [0.25, 0.3) is 0 Å². The average molecular weight is 497 g/mol. The minimum Gasteiger partial charge on any atom is -0.349 e. The lowest BCUT2D eigenvalue weighted by molar-refractivity contribution is -0.134. The largest absolute Gasteiger partial charge is 0.349 e. The molecule has 3 fully saturated rings. The van der Waals surface area contributed by atoms with E-state index in [1.807, 2.05) is 12.1 Å².